The molecule has 1 atom stereocenters. The summed E-state index contributed by atoms with van der Waals surface area (Å²) in [6, 6.07) is 2.93. The quantitative estimate of drug-likeness (QED) is 0.755. The van der Waals surface area contributed by atoms with Gasteiger partial charge in [0.1, 0.15) is 11.7 Å². The van der Waals surface area contributed by atoms with Crippen molar-refractivity contribution in [2.45, 2.75) is 19.0 Å². The van der Waals surface area contributed by atoms with Gasteiger partial charge < -0.3 is 16.0 Å². The summed E-state index contributed by atoms with van der Waals surface area (Å²) in [6.45, 7) is 1.06. The highest BCUT2D eigenvalue weighted by Crippen LogP contribution is 2.09. The van der Waals surface area contributed by atoms with E-state index in [-0.39, 0.29) is 11.8 Å². The zero-order valence-corrected chi connectivity index (χ0v) is 10.2. The Morgan fingerprint density at radius 2 is 2.39 bits per heavy atom. The zero-order valence-electron chi connectivity index (χ0n) is 10.2. The van der Waals surface area contributed by atoms with E-state index in [2.05, 4.69) is 10.3 Å². The number of carbonyl (C=O) groups is 2. The van der Waals surface area contributed by atoms with Gasteiger partial charge in [-0.05, 0) is 18.1 Å². The molecule has 0 spiro atoms. The van der Waals surface area contributed by atoms with E-state index in [1.807, 2.05) is 0 Å². The molecule has 2 heterocycles. The Hall–Kier alpha value is -1.95. The van der Waals surface area contributed by atoms with Gasteiger partial charge in [0.05, 0.1) is 0 Å². The highest BCUT2D eigenvalue weighted by Gasteiger charge is 2.30. The third kappa shape index (κ3) is 2.48. The maximum atomic E-state index is 11.9. The van der Waals surface area contributed by atoms with E-state index in [1.54, 1.807) is 30.3 Å². The van der Waals surface area contributed by atoms with Gasteiger partial charge in [-0.1, -0.05) is 6.07 Å². The summed E-state index contributed by atoms with van der Waals surface area (Å²) in [5.41, 5.74) is 6.62. The Morgan fingerprint density at radius 1 is 1.61 bits per heavy atom. The average molecular weight is 248 g/mol. The van der Waals surface area contributed by atoms with Gasteiger partial charge in [0.2, 0.25) is 5.91 Å². The van der Waals surface area contributed by atoms with E-state index in [0.29, 0.717) is 25.2 Å². The largest absolute Gasteiger partial charge is 0.344 e. The summed E-state index contributed by atoms with van der Waals surface area (Å²) in [7, 11) is 1.72. The van der Waals surface area contributed by atoms with Crippen LogP contribution in [0.25, 0.3) is 0 Å². The molecule has 2 rings (SSSR count). The fourth-order valence-electron chi connectivity index (χ4n) is 1.87. The molecular weight excluding hydrogens is 232 g/mol. The smallest absolute Gasteiger partial charge is 0.270 e. The molecule has 1 aromatic rings. The van der Waals surface area contributed by atoms with Crippen LogP contribution in [0.3, 0.4) is 0 Å². The predicted molar refractivity (Wildman–Crippen MR) is 65.6 cm³/mol. The van der Waals surface area contributed by atoms with E-state index in [4.69, 9.17) is 5.73 Å². The van der Waals surface area contributed by atoms with Crippen LogP contribution in [0.1, 0.15) is 22.5 Å². The normalized spacial score (nSPS) is 19.1. The van der Waals surface area contributed by atoms with Crippen molar-refractivity contribution in [3.05, 3.63) is 29.6 Å². The number of likely N-dealkylation sites (N-methyl/N-ethyl adjacent to an activating group) is 1. The van der Waals surface area contributed by atoms with Crippen molar-refractivity contribution in [1.82, 2.24) is 15.2 Å². The standard InChI is InChI=1S/C12H16N4O2/c1-16-5-4-10(12(16)18)15-11(17)9-3-2-8(6-13)7-14-9/h2-3,7,10H,4-6,13H2,1H3,(H,15,17). The highest BCUT2D eigenvalue weighted by atomic mass is 16.2. The van der Waals surface area contributed by atoms with Crippen molar-refractivity contribution in [3.8, 4) is 0 Å². The van der Waals surface area contributed by atoms with E-state index in [1.165, 1.54) is 0 Å². The fraction of sp³-hybridized carbons (Fsp3) is 0.417. The van der Waals surface area contributed by atoms with Crippen LogP contribution in [0.4, 0.5) is 0 Å². The lowest BCUT2D eigenvalue weighted by Gasteiger charge is -2.11. The number of rotatable bonds is 3. The Balaban J connectivity index is 2.01. The van der Waals surface area contributed by atoms with Crippen LogP contribution in [0, 0.1) is 0 Å². The first-order valence-electron chi connectivity index (χ1n) is 5.82. The van der Waals surface area contributed by atoms with Gasteiger partial charge in [-0.2, -0.15) is 0 Å². The SMILES string of the molecule is CN1CCC(NC(=O)c2ccc(CN)cn2)C1=O. The molecule has 1 aromatic heterocycles. The van der Waals surface area contributed by atoms with Crippen LogP contribution in [-0.2, 0) is 11.3 Å². The lowest BCUT2D eigenvalue weighted by Crippen LogP contribution is -2.40. The number of nitrogens with one attached hydrogen (secondary N) is 1. The number of likely N-dealkylation sites (tertiary alicyclic amines) is 1. The molecule has 0 aromatic carbocycles. The minimum Gasteiger partial charge on any atom is -0.344 e. The maximum Gasteiger partial charge on any atom is 0.270 e. The van der Waals surface area contributed by atoms with Crippen molar-refractivity contribution in [2.75, 3.05) is 13.6 Å². The van der Waals surface area contributed by atoms with Crippen LogP contribution in [0.5, 0.6) is 0 Å². The number of amides is 2. The van der Waals surface area contributed by atoms with Crippen molar-refractivity contribution in [1.29, 1.82) is 0 Å². The highest BCUT2D eigenvalue weighted by molar-refractivity contribution is 5.96. The molecule has 0 bridgehead atoms. The van der Waals surface area contributed by atoms with Gasteiger partial charge in [-0.25, -0.2) is 0 Å². The number of aromatic nitrogens is 1. The summed E-state index contributed by atoms with van der Waals surface area (Å²) in [6.07, 6.45) is 2.21. The Bertz CT molecular complexity index is 458. The average Bonchev–Trinajstić information content (AvgIpc) is 2.71. The first-order chi connectivity index (χ1) is 8.61. The second-order valence-electron chi connectivity index (χ2n) is 4.33. The van der Waals surface area contributed by atoms with Gasteiger partial charge in [0.15, 0.2) is 0 Å². The van der Waals surface area contributed by atoms with Crippen LogP contribution < -0.4 is 11.1 Å². The fourth-order valence-corrected chi connectivity index (χ4v) is 1.87. The van der Waals surface area contributed by atoms with E-state index in [0.717, 1.165) is 5.56 Å². The summed E-state index contributed by atoms with van der Waals surface area (Å²) in [5.74, 6) is -0.380. The van der Waals surface area contributed by atoms with Gasteiger partial charge in [0.25, 0.3) is 5.91 Å². The molecule has 2 amide bonds. The Labute approximate surface area is 105 Å². The van der Waals surface area contributed by atoms with Crippen molar-refractivity contribution in [3.63, 3.8) is 0 Å². The first kappa shape index (κ1) is 12.5. The molecule has 0 radical (unpaired) electrons. The Kier molecular flexibility index (Phi) is 3.57. The second-order valence-corrected chi connectivity index (χ2v) is 4.33. The molecule has 18 heavy (non-hydrogen) atoms. The number of hydrogen-bond acceptors (Lipinski definition) is 4. The second kappa shape index (κ2) is 5.14. The lowest BCUT2D eigenvalue weighted by molar-refractivity contribution is -0.128. The monoisotopic (exact) mass is 248 g/mol. The Morgan fingerprint density at radius 3 is 2.89 bits per heavy atom. The molecule has 3 N–H and O–H groups in total. The number of nitrogens with two attached hydrogens (primary N) is 1. The molecule has 1 saturated heterocycles. The lowest BCUT2D eigenvalue weighted by atomic mass is 10.2. The molecule has 1 aliphatic heterocycles. The molecule has 6 nitrogen and oxygen atoms in total. The minimum absolute atomic E-state index is 0.0538. The van der Waals surface area contributed by atoms with E-state index < -0.39 is 6.04 Å². The van der Waals surface area contributed by atoms with E-state index >= 15 is 0 Å². The summed E-state index contributed by atoms with van der Waals surface area (Å²) >= 11 is 0. The predicted octanol–water partition coefficient (Wildman–Crippen LogP) is -0.499. The topological polar surface area (TPSA) is 88.3 Å². The van der Waals surface area contributed by atoms with Crippen LogP contribution in [0.2, 0.25) is 0 Å². The van der Waals surface area contributed by atoms with Crippen molar-refractivity contribution in [2.24, 2.45) is 5.73 Å². The molecule has 1 unspecified atom stereocenters. The molecule has 6 heteroatoms. The van der Waals surface area contributed by atoms with Crippen molar-refractivity contribution < 1.29 is 9.59 Å². The molecule has 1 aliphatic rings. The van der Waals surface area contributed by atoms with Crippen LogP contribution >= 0.6 is 0 Å². The van der Waals surface area contributed by atoms with Crippen LogP contribution in [-0.4, -0.2) is 41.3 Å². The van der Waals surface area contributed by atoms with Gasteiger partial charge in [0, 0.05) is 26.3 Å². The number of hydrogen-bond donors (Lipinski definition) is 2. The molecule has 1 fully saturated rings. The zero-order chi connectivity index (χ0) is 13.1. The molecule has 0 aliphatic carbocycles. The minimum atomic E-state index is -0.432. The third-order valence-corrected chi connectivity index (χ3v) is 3.03. The number of nitrogens with zero attached hydrogens (tertiary/aromatic N) is 2. The van der Waals surface area contributed by atoms with Gasteiger partial charge in [-0.3, -0.25) is 14.6 Å². The molecular formula is C12H16N4O2. The van der Waals surface area contributed by atoms with Crippen LogP contribution in [0.15, 0.2) is 18.3 Å². The molecule has 96 valence electrons. The summed E-state index contributed by atoms with van der Waals surface area (Å²) in [4.78, 5) is 29.1. The van der Waals surface area contributed by atoms with Gasteiger partial charge >= 0.3 is 0 Å². The van der Waals surface area contributed by atoms with Gasteiger partial charge in [-0.15, -0.1) is 0 Å². The number of pyridine rings is 1. The van der Waals surface area contributed by atoms with E-state index in [9.17, 15) is 9.59 Å². The third-order valence-electron chi connectivity index (χ3n) is 3.03. The van der Waals surface area contributed by atoms with Crippen molar-refractivity contribution >= 4 is 11.8 Å². The molecule has 0 saturated carbocycles. The first-order valence-corrected chi connectivity index (χ1v) is 5.82. The maximum absolute atomic E-state index is 11.9. The summed E-state index contributed by atoms with van der Waals surface area (Å²) in [5, 5.41) is 2.69. The number of carbonyl (C=O) groups excluding carboxylic acids is 2. The summed E-state index contributed by atoms with van der Waals surface area (Å²) < 4.78 is 0.